The molecule has 1 aliphatic rings. The lowest BCUT2D eigenvalue weighted by Crippen LogP contribution is -2.52. The summed E-state index contributed by atoms with van der Waals surface area (Å²) in [6.07, 6.45) is 30.5. The first kappa shape index (κ1) is 42.4. The molecule has 0 bridgehead atoms. The molecule has 0 unspecified atom stereocenters. The van der Waals surface area contributed by atoms with Crippen molar-refractivity contribution < 1.29 is 19.1 Å². The maximum Gasteiger partial charge on any atom is 0.266 e. The zero-order valence-corrected chi connectivity index (χ0v) is 31.7. The van der Waals surface area contributed by atoms with Gasteiger partial charge in [-0.1, -0.05) is 79.3 Å². The van der Waals surface area contributed by atoms with Crippen molar-refractivity contribution in [3.63, 3.8) is 0 Å². The van der Waals surface area contributed by atoms with E-state index in [-0.39, 0.29) is 37.1 Å². The normalized spacial score (nSPS) is 15.1. The lowest BCUT2D eigenvalue weighted by Gasteiger charge is -2.33. The van der Waals surface area contributed by atoms with E-state index in [9.17, 15) is 14.4 Å². The number of carbonyl (C=O) groups is 3. The maximum atomic E-state index is 13.6. The molecule has 1 aliphatic heterocycles. The molecule has 1 heterocycles. The van der Waals surface area contributed by atoms with Crippen LogP contribution in [0.25, 0.3) is 0 Å². The van der Waals surface area contributed by atoms with E-state index in [0.717, 1.165) is 57.8 Å². The van der Waals surface area contributed by atoms with E-state index in [1.165, 1.54) is 0 Å². The summed E-state index contributed by atoms with van der Waals surface area (Å²) in [6.45, 7) is 6.72. The van der Waals surface area contributed by atoms with Gasteiger partial charge in [-0.25, -0.2) is 0 Å². The Balaban J connectivity index is 0.00000867. The third-order valence-electron chi connectivity index (χ3n) is 8.22. The number of ketones is 1. The molecule has 6 nitrogen and oxygen atoms in total. The van der Waals surface area contributed by atoms with Crippen molar-refractivity contribution in [2.24, 2.45) is 0 Å². The van der Waals surface area contributed by atoms with E-state index in [1.54, 1.807) is 62.4 Å². The molecular weight excluding hydrogens is 664 g/mol. The number of hydrogen-bond acceptors (Lipinski definition) is 4. The van der Waals surface area contributed by atoms with Crippen LogP contribution in [-0.2, 0) is 9.59 Å². The highest BCUT2D eigenvalue weighted by Gasteiger charge is 2.39. The lowest BCUT2D eigenvalue weighted by molar-refractivity contribution is -0.146. The summed E-state index contributed by atoms with van der Waals surface area (Å²) in [6, 6.07) is 13.5. The van der Waals surface area contributed by atoms with Crippen molar-refractivity contribution in [3.05, 3.63) is 125 Å². The van der Waals surface area contributed by atoms with Crippen LogP contribution in [0.1, 0.15) is 101 Å². The van der Waals surface area contributed by atoms with Gasteiger partial charge in [-0.2, -0.15) is 13.5 Å². The van der Waals surface area contributed by atoms with E-state index in [0.29, 0.717) is 41.4 Å². The highest BCUT2D eigenvalue weighted by Crippen LogP contribution is 2.26. The van der Waals surface area contributed by atoms with Gasteiger partial charge in [-0.15, -0.1) is 0 Å². The van der Waals surface area contributed by atoms with Crippen LogP contribution in [0.5, 0.6) is 5.75 Å². The molecule has 2 amide bonds. The second-order valence-electron chi connectivity index (χ2n) is 12.7. The fourth-order valence-electron chi connectivity index (χ4n) is 5.51. The smallest absolute Gasteiger partial charge is 0.266 e. The number of nitrogens with one attached hydrogen (secondary N) is 1. The van der Waals surface area contributed by atoms with Crippen molar-refractivity contribution >= 4 is 42.7 Å². The van der Waals surface area contributed by atoms with E-state index < -0.39 is 5.60 Å². The first-order chi connectivity index (χ1) is 23.7. The van der Waals surface area contributed by atoms with Gasteiger partial charge in [0.15, 0.2) is 11.4 Å². The molecule has 1 N–H and O–H groups in total. The first-order valence-electron chi connectivity index (χ1n) is 17.6. The van der Waals surface area contributed by atoms with Crippen molar-refractivity contribution in [1.29, 1.82) is 0 Å². The van der Waals surface area contributed by atoms with Gasteiger partial charge in [-0.05, 0) is 120 Å². The minimum absolute atomic E-state index is 0. The van der Waals surface area contributed by atoms with Gasteiger partial charge in [-0.3, -0.25) is 14.4 Å². The lowest BCUT2D eigenvalue weighted by atomic mass is 10.0. The van der Waals surface area contributed by atoms with Crippen LogP contribution in [0.15, 0.2) is 109 Å². The number of benzene rings is 2. The van der Waals surface area contributed by atoms with E-state index in [4.69, 9.17) is 16.3 Å². The second kappa shape index (κ2) is 23.6. The highest BCUT2D eigenvalue weighted by atomic mass is 35.5. The summed E-state index contributed by atoms with van der Waals surface area (Å²) in [7, 11) is 0. The third-order valence-corrected chi connectivity index (χ3v) is 8.47. The fraction of sp³-hybridized carbons (Fsp3) is 0.405. The van der Waals surface area contributed by atoms with Gasteiger partial charge >= 0.3 is 0 Å². The van der Waals surface area contributed by atoms with Crippen molar-refractivity contribution in [2.75, 3.05) is 13.1 Å². The first-order valence-corrected chi connectivity index (χ1v) is 18.0. The Morgan fingerprint density at radius 3 is 1.90 bits per heavy atom. The van der Waals surface area contributed by atoms with Gasteiger partial charge in [0.05, 0.1) is 0 Å². The number of ether oxygens (including phenoxy) is 1. The van der Waals surface area contributed by atoms with Gasteiger partial charge in [0.2, 0.25) is 5.91 Å². The number of rotatable bonds is 20. The van der Waals surface area contributed by atoms with E-state index in [2.05, 4.69) is 73.0 Å². The Morgan fingerprint density at radius 1 is 0.820 bits per heavy atom. The monoisotopic (exact) mass is 718 g/mol. The summed E-state index contributed by atoms with van der Waals surface area (Å²) in [4.78, 5) is 40.7. The maximum absolute atomic E-state index is 13.6. The minimum atomic E-state index is -1.12. The average molecular weight is 719 g/mol. The summed E-state index contributed by atoms with van der Waals surface area (Å²) in [5.74, 6) is 0.275. The molecule has 8 heteroatoms. The molecular formula is C42H55ClN2O4S. The number of amides is 2. The predicted octanol–water partition coefficient (Wildman–Crippen LogP) is 9.87. The zero-order chi connectivity index (χ0) is 35.3. The Labute approximate surface area is 311 Å². The Bertz CT molecular complexity index is 1480. The fourth-order valence-corrected chi connectivity index (χ4v) is 5.64. The number of unbranched alkanes of at least 4 members (excludes halogenated alkanes) is 1. The summed E-state index contributed by atoms with van der Waals surface area (Å²) in [5.41, 5.74) is -0.0479. The largest absolute Gasteiger partial charge is 0.478 e. The van der Waals surface area contributed by atoms with Gasteiger partial charge in [0, 0.05) is 41.7 Å². The van der Waals surface area contributed by atoms with Crippen LogP contribution in [0, 0.1) is 0 Å². The topological polar surface area (TPSA) is 75.7 Å². The number of allylic oxidation sites excluding steroid dienone is 10. The number of halogens is 1. The zero-order valence-electron chi connectivity index (χ0n) is 29.9. The Morgan fingerprint density at radius 2 is 1.34 bits per heavy atom. The van der Waals surface area contributed by atoms with Gasteiger partial charge in [0.25, 0.3) is 5.91 Å². The SMILES string of the molecule is CC/C=C\C/C=C\C/C=C\C/C=C\C/C=C\CCCC(=O)NC[C@@H]1CCCN1C(=O)C(C)(C)Oc1ccc(C(=O)c2ccc(Cl)cc2)cc1.S. The van der Waals surface area contributed by atoms with E-state index >= 15 is 0 Å². The molecule has 0 radical (unpaired) electrons. The summed E-state index contributed by atoms with van der Waals surface area (Å²) >= 11 is 5.94. The molecule has 1 atom stereocenters. The molecule has 3 rings (SSSR count). The Hall–Kier alpha value is -3.81. The van der Waals surface area contributed by atoms with Gasteiger partial charge < -0.3 is 15.0 Å². The molecule has 2 aromatic rings. The van der Waals surface area contributed by atoms with Crippen LogP contribution in [-0.4, -0.2) is 47.2 Å². The highest BCUT2D eigenvalue weighted by molar-refractivity contribution is 7.59. The quantitative estimate of drug-likeness (QED) is 0.0840. The molecule has 2 aromatic carbocycles. The standard InChI is InChI=1S/C42H53ClN2O4.H2S/c1-4-5-6-7-8-9-10-11-12-13-14-15-16-17-18-19-20-23-39(46)44-33-37-22-21-32-45(37)41(48)42(2,3)49-38-30-26-35(27-31-38)40(47)34-24-28-36(43)29-25-34;/h5-6,8-9,11-12,14-15,17-18,24-31,37H,4,7,10,13,16,19-23,32-33H2,1-3H3,(H,44,46);1H2/b6-5-,9-8-,12-11-,15-14-,18-17-;/t37-;/m0./s1. The molecule has 1 saturated heterocycles. The molecule has 50 heavy (non-hydrogen) atoms. The third kappa shape index (κ3) is 15.4. The van der Waals surface area contributed by atoms with Crippen LogP contribution in [0.4, 0.5) is 0 Å². The van der Waals surface area contributed by atoms with Crippen LogP contribution < -0.4 is 10.1 Å². The van der Waals surface area contributed by atoms with Crippen LogP contribution in [0.2, 0.25) is 5.02 Å². The summed E-state index contributed by atoms with van der Waals surface area (Å²) < 4.78 is 6.12. The van der Waals surface area contributed by atoms with Crippen molar-refractivity contribution in [3.8, 4) is 5.75 Å². The number of nitrogens with zero attached hydrogens (tertiary/aromatic N) is 1. The average Bonchev–Trinajstić information content (AvgIpc) is 3.57. The predicted molar refractivity (Wildman–Crippen MR) is 212 cm³/mol. The number of carbonyl (C=O) groups excluding carboxylic acids is 3. The van der Waals surface area contributed by atoms with Crippen LogP contribution >= 0.6 is 25.1 Å². The van der Waals surface area contributed by atoms with Crippen molar-refractivity contribution in [2.45, 2.75) is 96.6 Å². The second-order valence-corrected chi connectivity index (χ2v) is 13.1. The Kier molecular flexibility index (Phi) is 20.0. The molecule has 1 fully saturated rings. The molecule has 0 aliphatic carbocycles. The minimum Gasteiger partial charge on any atom is -0.478 e. The van der Waals surface area contributed by atoms with Gasteiger partial charge in [0.1, 0.15) is 5.75 Å². The molecule has 0 saturated carbocycles. The van der Waals surface area contributed by atoms with Crippen LogP contribution in [0.3, 0.4) is 0 Å². The molecule has 0 aromatic heterocycles. The number of likely N-dealkylation sites (tertiary alicyclic amines) is 1. The molecule has 270 valence electrons. The molecule has 0 spiro atoms. The van der Waals surface area contributed by atoms with Crippen molar-refractivity contribution in [1.82, 2.24) is 10.2 Å². The van der Waals surface area contributed by atoms with E-state index in [1.807, 2.05) is 4.90 Å². The number of hydrogen-bond donors (Lipinski definition) is 1. The summed E-state index contributed by atoms with van der Waals surface area (Å²) in [5, 5.41) is 3.61.